The maximum absolute atomic E-state index is 12.7. The van der Waals surface area contributed by atoms with Crippen LogP contribution >= 0.6 is 0 Å². The third-order valence-corrected chi connectivity index (χ3v) is 3.99. The highest BCUT2D eigenvalue weighted by Crippen LogP contribution is 2.27. The van der Waals surface area contributed by atoms with E-state index in [0.29, 0.717) is 17.5 Å². The summed E-state index contributed by atoms with van der Waals surface area (Å²) in [5, 5.41) is 5.86. The molecule has 2 N–H and O–H groups in total. The van der Waals surface area contributed by atoms with Crippen LogP contribution in [-0.2, 0) is 7.05 Å². The molecule has 4 aromatic rings. The maximum atomic E-state index is 12.7. The van der Waals surface area contributed by atoms with E-state index in [-0.39, 0.29) is 11.6 Å². The summed E-state index contributed by atoms with van der Waals surface area (Å²) in [6.07, 6.45) is 8.28. The van der Waals surface area contributed by atoms with Crippen LogP contribution in [0, 0.1) is 0 Å². The van der Waals surface area contributed by atoms with E-state index >= 15 is 0 Å². The van der Waals surface area contributed by atoms with Crippen molar-refractivity contribution in [2.75, 3.05) is 10.6 Å². The Balaban J connectivity index is 1.56. The molecule has 0 atom stereocenters. The highest BCUT2D eigenvalue weighted by molar-refractivity contribution is 6.05. The predicted molar refractivity (Wildman–Crippen MR) is 106 cm³/mol. The fourth-order valence-electron chi connectivity index (χ4n) is 2.69. The number of hydrogen-bond acceptors (Lipinski definition) is 6. The number of carbonyl (C=O) groups is 1. The second-order valence-corrected chi connectivity index (χ2v) is 6.06. The molecule has 0 aliphatic carbocycles. The molecular formula is C20H17N7O. The maximum Gasteiger partial charge on any atom is 0.274 e. The normalized spacial score (nSPS) is 10.5. The van der Waals surface area contributed by atoms with Gasteiger partial charge in [-0.05, 0) is 17.7 Å². The van der Waals surface area contributed by atoms with Crippen molar-refractivity contribution in [1.29, 1.82) is 0 Å². The van der Waals surface area contributed by atoms with Crippen molar-refractivity contribution in [3.63, 3.8) is 0 Å². The summed E-state index contributed by atoms with van der Waals surface area (Å²) in [6.45, 7) is 0. The number of carbonyl (C=O) groups excluding carboxylic acids is 1. The van der Waals surface area contributed by atoms with Gasteiger partial charge in [-0.15, -0.1) is 0 Å². The number of rotatable bonds is 5. The molecule has 0 unspecified atom stereocenters. The molecule has 4 rings (SSSR count). The quantitative estimate of drug-likeness (QED) is 0.559. The summed E-state index contributed by atoms with van der Waals surface area (Å²) in [5.74, 6) is 0.538. The van der Waals surface area contributed by atoms with Gasteiger partial charge in [-0.3, -0.25) is 9.78 Å². The Labute approximate surface area is 161 Å². The summed E-state index contributed by atoms with van der Waals surface area (Å²) in [4.78, 5) is 29.4. The van der Waals surface area contributed by atoms with Crippen LogP contribution in [0.2, 0.25) is 0 Å². The highest BCUT2D eigenvalue weighted by Gasteiger charge is 2.13. The van der Waals surface area contributed by atoms with E-state index in [1.165, 1.54) is 6.20 Å². The van der Waals surface area contributed by atoms with Crippen molar-refractivity contribution in [3.8, 4) is 11.1 Å². The molecule has 8 nitrogen and oxygen atoms in total. The third kappa shape index (κ3) is 3.85. The van der Waals surface area contributed by atoms with E-state index in [1.807, 2.05) is 43.4 Å². The number of nitrogens with one attached hydrogen (secondary N) is 2. The number of imidazole rings is 1. The zero-order valence-corrected chi connectivity index (χ0v) is 15.1. The first kappa shape index (κ1) is 17.3. The summed E-state index contributed by atoms with van der Waals surface area (Å²) in [5.41, 5.74) is 2.71. The van der Waals surface area contributed by atoms with Gasteiger partial charge in [-0.1, -0.05) is 30.3 Å². The number of nitrogens with zero attached hydrogens (tertiary/aromatic N) is 5. The Morgan fingerprint density at radius 3 is 2.68 bits per heavy atom. The lowest BCUT2D eigenvalue weighted by atomic mass is 10.1. The monoisotopic (exact) mass is 371 g/mol. The van der Waals surface area contributed by atoms with Gasteiger partial charge in [0.2, 0.25) is 5.95 Å². The Kier molecular flexibility index (Phi) is 4.75. The first-order valence-electron chi connectivity index (χ1n) is 8.58. The summed E-state index contributed by atoms with van der Waals surface area (Å²) >= 11 is 0. The summed E-state index contributed by atoms with van der Waals surface area (Å²) < 4.78 is 1.80. The molecule has 0 radical (unpaired) electrons. The van der Waals surface area contributed by atoms with E-state index < -0.39 is 0 Å². The molecule has 0 saturated heterocycles. The average molecular weight is 371 g/mol. The minimum atomic E-state index is -0.350. The molecule has 0 aliphatic heterocycles. The standard InChI is InChI=1S/C20H17N7O/c1-27-12-18(23-13-27)26-20-22-10-8-16(25-20)19(28)24-17-11-21-9-7-15(17)14-5-3-2-4-6-14/h2-13H,1H3,(H,24,28)(H,22,25,26). The van der Waals surface area contributed by atoms with Crippen LogP contribution in [0.3, 0.4) is 0 Å². The number of amides is 1. The van der Waals surface area contributed by atoms with E-state index in [4.69, 9.17) is 0 Å². The van der Waals surface area contributed by atoms with Crippen LogP contribution in [-0.4, -0.2) is 30.4 Å². The number of anilines is 3. The SMILES string of the molecule is Cn1cnc(Nc2nccc(C(=O)Nc3cnccc3-c3ccccc3)n2)c1. The van der Waals surface area contributed by atoms with Gasteiger partial charge in [0.15, 0.2) is 5.82 Å². The van der Waals surface area contributed by atoms with Gasteiger partial charge >= 0.3 is 0 Å². The van der Waals surface area contributed by atoms with Crippen molar-refractivity contribution in [1.82, 2.24) is 24.5 Å². The smallest absolute Gasteiger partial charge is 0.274 e. The third-order valence-electron chi connectivity index (χ3n) is 3.99. The van der Waals surface area contributed by atoms with Gasteiger partial charge in [0.1, 0.15) is 5.69 Å². The molecule has 0 saturated carbocycles. The Bertz CT molecular complexity index is 1110. The van der Waals surface area contributed by atoms with Crippen molar-refractivity contribution >= 4 is 23.4 Å². The summed E-state index contributed by atoms with van der Waals surface area (Å²) in [6, 6.07) is 13.2. The number of benzene rings is 1. The van der Waals surface area contributed by atoms with Crippen LogP contribution in [0.1, 0.15) is 10.5 Å². The van der Waals surface area contributed by atoms with Gasteiger partial charge < -0.3 is 15.2 Å². The van der Waals surface area contributed by atoms with E-state index in [2.05, 4.69) is 30.6 Å². The van der Waals surface area contributed by atoms with E-state index in [1.54, 1.807) is 35.6 Å². The van der Waals surface area contributed by atoms with Crippen molar-refractivity contribution in [2.24, 2.45) is 7.05 Å². The molecule has 1 aromatic carbocycles. The first-order chi connectivity index (χ1) is 13.7. The van der Waals surface area contributed by atoms with Gasteiger partial charge in [0, 0.05) is 31.2 Å². The predicted octanol–water partition coefficient (Wildman–Crippen LogP) is 3.27. The molecule has 1 amide bonds. The summed E-state index contributed by atoms with van der Waals surface area (Å²) in [7, 11) is 1.86. The van der Waals surface area contributed by atoms with Crippen molar-refractivity contribution in [2.45, 2.75) is 0 Å². The Morgan fingerprint density at radius 1 is 1.04 bits per heavy atom. The van der Waals surface area contributed by atoms with Gasteiger partial charge in [0.05, 0.1) is 18.2 Å². The second-order valence-electron chi connectivity index (χ2n) is 6.06. The van der Waals surface area contributed by atoms with E-state index in [9.17, 15) is 4.79 Å². The van der Waals surface area contributed by atoms with Crippen LogP contribution < -0.4 is 10.6 Å². The first-order valence-corrected chi connectivity index (χ1v) is 8.58. The van der Waals surface area contributed by atoms with Crippen LogP contribution in [0.4, 0.5) is 17.5 Å². The van der Waals surface area contributed by atoms with Crippen LogP contribution in [0.5, 0.6) is 0 Å². The number of pyridine rings is 1. The lowest BCUT2D eigenvalue weighted by Gasteiger charge is -2.11. The minimum absolute atomic E-state index is 0.233. The number of aryl methyl sites for hydroxylation is 1. The second kappa shape index (κ2) is 7.67. The Morgan fingerprint density at radius 2 is 1.89 bits per heavy atom. The fraction of sp³-hybridized carbons (Fsp3) is 0.0500. The lowest BCUT2D eigenvalue weighted by Crippen LogP contribution is -2.15. The lowest BCUT2D eigenvalue weighted by molar-refractivity contribution is 0.102. The zero-order chi connectivity index (χ0) is 19.3. The minimum Gasteiger partial charge on any atom is -0.338 e. The number of hydrogen-bond donors (Lipinski definition) is 2. The van der Waals surface area contributed by atoms with Gasteiger partial charge in [-0.25, -0.2) is 15.0 Å². The number of aromatic nitrogens is 5. The molecule has 3 aromatic heterocycles. The van der Waals surface area contributed by atoms with Crippen LogP contribution in [0.25, 0.3) is 11.1 Å². The van der Waals surface area contributed by atoms with Crippen molar-refractivity contribution < 1.29 is 4.79 Å². The van der Waals surface area contributed by atoms with Crippen molar-refractivity contribution in [3.05, 3.63) is 79.3 Å². The molecule has 0 aliphatic rings. The molecular weight excluding hydrogens is 354 g/mol. The Hall–Kier alpha value is -4.07. The highest BCUT2D eigenvalue weighted by atomic mass is 16.1. The molecule has 138 valence electrons. The molecule has 8 heteroatoms. The fourth-order valence-corrected chi connectivity index (χ4v) is 2.69. The largest absolute Gasteiger partial charge is 0.338 e. The topological polar surface area (TPSA) is 97.6 Å². The van der Waals surface area contributed by atoms with Gasteiger partial charge in [0.25, 0.3) is 5.91 Å². The molecule has 0 bridgehead atoms. The van der Waals surface area contributed by atoms with Crippen LogP contribution in [0.15, 0.2) is 73.6 Å². The molecule has 28 heavy (non-hydrogen) atoms. The molecule has 3 heterocycles. The van der Waals surface area contributed by atoms with Gasteiger partial charge in [-0.2, -0.15) is 0 Å². The molecule has 0 spiro atoms. The average Bonchev–Trinajstić information content (AvgIpc) is 3.14. The zero-order valence-electron chi connectivity index (χ0n) is 15.1. The van der Waals surface area contributed by atoms with E-state index in [0.717, 1.165) is 11.1 Å². The molecule has 0 fully saturated rings.